The minimum absolute atomic E-state index is 0.770. The molecule has 5 heteroatoms. The van der Waals surface area contributed by atoms with Gasteiger partial charge in [-0.15, -0.1) is 0 Å². The highest BCUT2D eigenvalue weighted by atomic mass is 16.5. The second-order valence-corrected chi connectivity index (χ2v) is 6.26. The molecule has 2 aromatic heterocycles. The van der Waals surface area contributed by atoms with Gasteiger partial charge in [0.2, 0.25) is 0 Å². The van der Waals surface area contributed by atoms with E-state index in [0.717, 1.165) is 48.8 Å². The number of hydrogen-bond acceptors (Lipinski definition) is 4. The standard InChI is InChI=1S/C20H25N3O2/c1-17-15-20(25-22-17)7-5-3-2-4-6-14-24-19-10-8-18(9-11-19)23-13-12-21-16-23/h8-13,15-16H,2-7,14H2,1H3. The van der Waals surface area contributed by atoms with Crippen molar-refractivity contribution in [2.24, 2.45) is 0 Å². The van der Waals surface area contributed by atoms with Gasteiger partial charge in [0.25, 0.3) is 0 Å². The lowest BCUT2D eigenvalue weighted by atomic mass is 10.1. The van der Waals surface area contributed by atoms with Crippen molar-refractivity contribution in [2.45, 2.75) is 45.4 Å². The maximum Gasteiger partial charge on any atom is 0.136 e. The molecule has 0 aliphatic rings. The molecule has 0 N–H and O–H groups in total. The molecular formula is C20H25N3O2. The third-order valence-corrected chi connectivity index (χ3v) is 4.15. The number of hydrogen-bond donors (Lipinski definition) is 0. The van der Waals surface area contributed by atoms with E-state index in [2.05, 4.69) is 10.1 Å². The maximum atomic E-state index is 5.81. The van der Waals surface area contributed by atoms with E-state index in [1.807, 2.05) is 48.0 Å². The molecule has 0 fully saturated rings. The van der Waals surface area contributed by atoms with Gasteiger partial charge < -0.3 is 13.8 Å². The van der Waals surface area contributed by atoms with Crippen LogP contribution in [0.2, 0.25) is 0 Å². The molecule has 25 heavy (non-hydrogen) atoms. The summed E-state index contributed by atoms with van der Waals surface area (Å²) in [6, 6.07) is 10.1. The Morgan fingerprint density at radius 3 is 2.56 bits per heavy atom. The van der Waals surface area contributed by atoms with Gasteiger partial charge in [-0.25, -0.2) is 4.98 Å². The predicted octanol–water partition coefficient (Wildman–Crippen LogP) is 4.74. The lowest BCUT2D eigenvalue weighted by Gasteiger charge is -2.07. The molecule has 3 rings (SSSR count). The zero-order chi connectivity index (χ0) is 17.3. The molecule has 2 heterocycles. The summed E-state index contributed by atoms with van der Waals surface area (Å²) in [7, 11) is 0. The van der Waals surface area contributed by atoms with Crippen molar-refractivity contribution in [1.29, 1.82) is 0 Å². The zero-order valence-corrected chi connectivity index (χ0v) is 14.7. The monoisotopic (exact) mass is 339 g/mol. The van der Waals surface area contributed by atoms with E-state index in [-0.39, 0.29) is 0 Å². The predicted molar refractivity (Wildman–Crippen MR) is 97.1 cm³/mol. The summed E-state index contributed by atoms with van der Waals surface area (Å²) in [4.78, 5) is 4.05. The molecule has 0 aliphatic carbocycles. The summed E-state index contributed by atoms with van der Waals surface area (Å²) in [5.41, 5.74) is 2.05. The Kier molecular flexibility index (Phi) is 6.26. The van der Waals surface area contributed by atoms with Gasteiger partial charge in [0.15, 0.2) is 0 Å². The Bertz CT molecular complexity index is 733. The largest absolute Gasteiger partial charge is 0.494 e. The van der Waals surface area contributed by atoms with Crippen molar-refractivity contribution in [3.8, 4) is 11.4 Å². The number of aromatic nitrogens is 3. The van der Waals surface area contributed by atoms with E-state index < -0.39 is 0 Å². The molecular weight excluding hydrogens is 314 g/mol. The molecule has 0 spiro atoms. The van der Waals surface area contributed by atoms with Crippen LogP contribution in [0.1, 0.15) is 43.6 Å². The molecule has 0 saturated carbocycles. The van der Waals surface area contributed by atoms with E-state index >= 15 is 0 Å². The molecule has 0 atom stereocenters. The number of imidazole rings is 1. The number of unbranched alkanes of at least 4 members (excludes halogenated alkanes) is 4. The summed E-state index contributed by atoms with van der Waals surface area (Å²) >= 11 is 0. The fourth-order valence-corrected chi connectivity index (χ4v) is 2.78. The third kappa shape index (κ3) is 5.48. The van der Waals surface area contributed by atoms with Crippen LogP contribution in [0.3, 0.4) is 0 Å². The summed E-state index contributed by atoms with van der Waals surface area (Å²) in [5.74, 6) is 1.92. The van der Waals surface area contributed by atoms with E-state index in [9.17, 15) is 0 Å². The average Bonchev–Trinajstić information content (AvgIpc) is 3.30. The fraction of sp³-hybridized carbons (Fsp3) is 0.400. The average molecular weight is 339 g/mol. The Labute approximate surface area is 148 Å². The lowest BCUT2D eigenvalue weighted by Crippen LogP contribution is -1.98. The normalized spacial score (nSPS) is 10.9. The van der Waals surface area contributed by atoms with Crippen LogP contribution in [-0.2, 0) is 6.42 Å². The maximum absolute atomic E-state index is 5.81. The van der Waals surface area contributed by atoms with E-state index in [1.54, 1.807) is 12.5 Å². The highest BCUT2D eigenvalue weighted by Crippen LogP contribution is 2.16. The molecule has 132 valence electrons. The molecule has 0 aliphatic heterocycles. The topological polar surface area (TPSA) is 53.1 Å². The minimum Gasteiger partial charge on any atom is -0.494 e. The fourth-order valence-electron chi connectivity index (χ4n) is 2.78. The van der Waals surface area contributed by atoms with Gasteiger partial charge in [-0.3, -0.25) is 0 Å². The van der Waals surface area contributed by atoms with Gasteiger partial charge >= 0.3 is 0 Å². The summed E-state index contributed by atoms with van der Waals surface area (Å²) in [5, 5.41) is 3.91. The Morgan fingerprint density at radius 1 is 1.04 bits per heavy atom. The van der Waals surface area contributed by atoms with Crippen molar-refractivity contribution in [1.82, 2.24) is 14.7 Å². The van der Waals surface area contributed by atoms with Gasteiger partial charge in [-0.05, 0) is 44.0 Å². The second-order valence-electron chi connectivity index (χ2n) is 6.26. The zero-order valence-electron chi connectivity index (χ0n) is 14.7. The van der Waals surface area contributed by atoms with E-state index in [4.69, 9.17) is 9.26 Å². The molecule has 0 radical (unpaired) electrons. The van der Waals surface area contributed by atoms with Crippen molar-refractivity contribution in [3.05, 3.63) is 60.5 Å². The Hall–Kier alpha value is -2.56. The van der Waals surface area contributed by atoms with Crippen molar-refractivity contribution in [2.75, 3.05) is 6.61 Å². The third-order valence-electron chi connectivity index (χ3n) is 4.15. The highest BCUT2D eigenvalue weighted by molar-refractivity contribution is 5.37. The van der Waals surface area contributed by atoms with Crippen LogP contribution in [0, 0.1) is 6.92 Å². The van der Waals surface area contributed by atoms with Crippen LogP contribution >= 0.6 is 0 Å². The smallest absolute Gasteiger partial charge is 0.136 e. The van der Waals surface area contributed by atoms with Gasteiger partial charge in [0.05, 0.1) is 18.6 Å². The van der Waals surface area contributed by atoms with E-state index in [0.29, 0.717) is 0 Å². The first-order valence-corrected chi connectivity index (χ1v) is 8.95. The number of benzene rings is 1. The molecule has 0 unspecified atom stereocenters. The molecule has 0 amide bonds. The Balaban J connectivity index is 1.25. The summed E-state index contributed by atoms with van der Waals surface area (Å²) < 4.78 is 13.0. The molecule has 0 saturated heterocycles. The van der Waals surface area contributed by atoms with Crippen LogP contribution in [0.15, 0.2) is 53.6 Å². The number of ether oxygens (including phenoxy) is 1. The Morgan fingerprint density at radius 2 is 1.84 bits per heavy atom. The summed E-state index contributed by atoms with van der Waals surface area (Å²) in [6.07, 6.45) is 12.4. The van der Waals surface area contributed by atoms with Crippen LogP contribution in [0.5, 0.6) is 5.75 Å². The molecule has 1 aromatic carbocycles. The van der Waals surface area contributed by atoms with E-state index in [1.165, 1.54) is 19.3 Å². The molecule has 5 nitrogen and oxygen atoms in total. The van der Waals surface area contributed by atoms with Crippen LogP contribution < -0.4 is 4.74 Å². The first kappa shape index (κ1) is 17.3. The molecule has 3 aromatic rings. The first-order valence-electron chi connectivity index (χ1n) is 8.95. The molecule has 0 bridgehead atoms. The van der Waals surface area contributed by atoms with Gasteiger partial charge in [-0.2, -0.15) is 0 Å². The van der Waals surface area contributed by atoms with Crippen molar-refractivity contribution >= 4 is 0 Å². The number of rotatable bonds is 10. The van der Waals surface area contributed by atoms with Crippen molar-refractivity contribution < 1.29 is 9.26 Å². The second kappa shape index (κ2) is 9.06. The van der Waals surface area contributed by atoms with Gasteiger partial charge in [0.1, 0.15) is 11.5 Å². The lowest BCUT2D eigenvalue weighted by molar-refractivity contribution is 0.304. The van der Waals surface area contributed by atoms with Crippen molar-refractivity contribution in [3.63, 3.8) is 0 Å². The van der Waals surface area contributed by atoms with Crippen LogP contribution in [0.4, 0.5) is 0 Å². The van der Waals surface area contributed by atoms with Gasteiger partial charge in [-0.1, -0.05) is 24.4 Å². The number of nitrogens with zero attached hydrogens (tertiary/aromatic N) is 3. The minimum atomic E-state index is 0.770. The van der Waals surface area contributed by atoms with Gasteiger partial charge in [0, 0.05) is 30.6 Å². The number of aryl methyl sites for hydroxylation is 2. The van der Waals surface area contributed by atoms with Crippen LogP contribution in [0.25, 0.3) is 5.69 Å². The van der Waals surface area contributed by atoms with Crippen LogP contribution in [-0.4, -0.2) is 21.3 Å². The first-order chi connectivity index (χ1) is 12.3. The highest BCUT2D eigenvalue weighted by Gasteiger charge is 2.01. The SMILES string of the molecule is Cc1cc(CCCCCCCOc2ccc(-n3ccnc3)cc2)on1. The summed E-state index contributed by atoms with van der Waals surface area (Å²) in [6.45, 7) is 2.73. The quantitative estimate of drug-likeness (QED) is 0.501.